The Hall–Kier alpha value is -1.64. The maximum Gasteiger partial charge on any atom is 0.136 e. The maximum absolute atomic E-state index is 10.4. The number of pyridine rings is 1. The first-order valence-electron chi connectivity index (χ1n) is 6.76. The molecule has 0 saturated heterocycles. The quantitative estimate of drug-likeness (QED) is 0.863. The second kappa shape index (κ2) is 5.39. The van der Waals surface area contributed by atoms with Crippen molar-refractivity contribution in [2.45, 2.75) is 24.9 Å². The van der Waals surface area contributed by atoms with Crippen LogP contribution in [0.15, 0.2) is 54.8 Å². The van der Waals surface area contributed by atoms with Gasteiger partial charge >= 0.3 is 0 Å². The highest BCUT2D eigenvalue weighted by Gasteiger charge is 2.22. The Morgan fingerprint density at radius 1 is 1.25 bits per heavy atom. The number of allylic oxidation sites excluding steroid dienone is 2. The van der Waals surface area contributed by atoms with Gasteiger partial charge in [0.2, 0.25) is 0 Å². The maximum atomic E-state index is 10.4. The molecule has 0 saturated carbocycles. The van der Waals surface area contributed by atoms with E-state index in [0.717, 1.165) is 17.2 Å². The van der Waals surface area contributed by atoms with Crippen LogP contribution >= 0.6 is 11.6 Å². The van der Waals surface area contributed by atoms with E-state index in [9.17, 15) is 5.11 Å². The number of hydrogen-bond acceptors (Lipinski definition) is 2. The summed E-state index contributed by atoms with van der Waals surface area (Å²) in [6, 6.07) is 8.16. The van der Waals surface area contributed by atoms with Crippen LogP contribution in [-0.2, 0) is 6.42 Å². The molecular weight excluding hydrogens is 270 g/mol. The second-order valence-corrected chi connectivity index (χ2v) is 5.61. The Morgan fingerprint density at radius 2 is 2.15 bits per heavy atom. The fourth-order valence-corrected chi connectivity index (χ4v) is 2.76. The van der Waals surface area contributed by atoms with Gasteiger partial charge < -0.3 is 5.11 Å². The van der Waals surface area contributed by atoms with Crippen LogP contribution in [0.5, 0.6) is 0 Å². The molecule has 20 heavy (non-hydrogen) atoms. The van der Waals surface area contributed by atoms with E-state index in [-0.39, 0.29) is 0 Å². The third-order valence-electron chi connectivity index (χ3n) is 3.75. The molecule has 0 amide bonds. The van der Waals surface area contributed by atoms with Crippen molar-refractivity contribution in [3.05, 3.63) is 65.5 Å². The molecule has 2 aromatic rings. The topological polar surface area (TPSA) is 33.1 Å². The number of benzene rings is 1. The first-order chi connectivity index (χ1) is 9.66. The molecule has 1 N–H and O–H groups in total. The number of fused-ring (bicyclic) bond motifs is 1. The molecule has 1 aromatic carbocycles. The fraction of sp³-hybridized carbons (Fsp3) is 0.235. The van der Waals surface area contributed by atoms with Crippen LogP contribution in [0.3, 0.4) is 0 Å². The van der Waals surface area contributed by atoms with E-state index >= 15 is 0 Å². The monoisotopic (exact) mass is 285 g/mol. The number of hydrogen-bond donors (Lipinski definition) is 1. The van der Waals surface area contributed by atoms with Crippen molar-refractivity contribution in [3.63, 3.8) is 0 Å². The van der Waals surface area contributed by atoms with E-state index < -0.39 is 5.60 Å². The minimum Gasteiger partial charge on any atom is -0.385 e. The predicted molar refractivity (Wildman–Crippen MR) is 82.9 cm³/mol. The molecule has 0 radical (unpaired) electrons. The highest BCUT2D eigenvalue weighted by atomic mass is 35.5. The van der Waals surface area contributed by atoms with Gasteiger partial charge in [0.05, 0.1) is 5.60 Å². The zero-order valence-electron chi connectivity index (χ0n) is 11.1. The van der Waals surface area contributed by atoms with Gasteiger partial charge in [-0.2, -0.15) is 0 Å². The van der Waals surface area contributed by atoms with Crippen LogP contribution in [0, 0.1) is 0 Å². The number of aryl methyl sites for hydroxylation is 1. The average molecular weight is 286 g/mol. The van der Waals surface area contributed by atoms with Gasteiger partial charge in [0.1, 0.15) is 5.15 Å². The highest BCUT2D eigenvalue weighted by molar-refractivity contribution is 6.34. The Morgan fingerprint density at radius 3 is 2.95 bits per heavy atom. The summed E-state index contributed by atoms with van der Waals surface area (Å²) in [7, 11) is 0. The highest BCUT2D eigenvalue weighted by Crippen LogP contribution is 2.26. The standard InChI is InChI=1S/C17H16ClNO/c18-16-15-12-13(4-5-14(15)7-11-19-16)6-10-17(20)8-2-1-3-9-17/h1-5,7-8,11-12,20H,6,9-10H2. The average Bonchev–Trinajstić information content (AvgIpc) is 2.47. The van der Waals surface area contributed by atoms with Crippen LogP contribution in [0.1, 0.15) is 18.4 Å². The third kappa shape index (κ3) is 2.77. The van der Waals surface area contributed by atoms with E-state index in [0.29, 0.717) is 18.0 Å². The summed E-state index contributed by atoms with van der Waals surface area (Å²) in [5.74, 6) is 0. The molecule has 1 heterocycles. The van der Waals surface area contributed by atoms with Gasteiger partial charge in [-0.3, -0.25) is 0 Å². The molecule has 0 spiro atoms. The predicted octanol–water partition coefficient (Wildman–Crippen LogP) is 4.07. The van der Waals surface area contributed by atoms with Crippen molar-refractivity contribution >= 4 is 22.4 Å². The lowest BCUT2D eigenvalue weighted by molar-refractivity contribution is 0.0838. The summed E-state index contributed by atoms with van der Waals surface area (Å²) in [4.78, 5) is 4.11. The summed E-state index contributed by atoms with van der Waals surface area (Å²) in [5.41, 5.74) is 0.450. The Balaban J connectivity index is 1.80. The van der Waals surface area contributed by atoms with Crippen molar-refractivity contribution in [2.75, 3.05) is 0 Å². The van der Waals surface area contributed by atoms with Crippen molar-refractivity contribution in [3.8, 4) is 0 Å². The van der Waals surface area contributed by atoms with Gasteiger partial charge in [0, 0.05) is 11.6 Å². The smallest absolute Gasteiger partial charge is 0.136 e. The fourth-order valence-electron chi connectivity index (χ4n) is 2.54. The summed E-state index contributed by atoms with van der Waals surface area (Å²) in [6.45, 7) is 0. The number of halogens is 1. The summed E-state index contributed by atoms with van der Waals surface area (Å²) >= 11 is 6.12. The lowest BCUT2D eigenvalue weighted by atomic mass is 9.88. The van der Waals surface area contributed by atoms with E-state index in [2.05, 4.69) is 23.2 Å². The molecule has 1 atom stereocenters. The van der Waals surface area contributed by atoms with E-state index in [1.807, 2.05) is 30.4 Å². The van der Waals surface area contributed by atoms with Gasteiger partial charge in [-0.1, -0.05) is 48.0 Å². The molecule has 1 aliphatic carbocycles. The van der Waals surface area contributed by atoms with E-state index in [1.165, 1.54) is 5.56 Å². The van der Waals surface area contributed by atoms with Gasteiger partial charge in [-0.15, -0.1) is 0 Å². The van der Waals surface area contributed by atoms with E-state index in [1.54, 1.807) is 6.20 Å². The minimum atomic E-state index is -0.720. The van der Waals surface area contributed by atoms with Gasteiger partial charge in [0.15, 0.2) is 0 Å². The summed E-state index contributed by atoms with van der Waals surface area (Å²) in [5, 5.41) is 13.0. The van der Waals surface area contributed by atoms with Crippen molar-refractivity contribution in [2.24, 2.45) is 0 Å². The van der Waals surface area contributed by atoms with E-state index in [4.69, 9.17) is 11.6 Å². The van der Waals surface area contributed by atoms with Crippen LogP contribution < -0.4 is 0 Å². The Kier molecular flexibility index (Phi) is 3.60. The molecule has 1 aliphatic rings. The lowest BCUT2D eigenvalue weighted by Crippen LogP contribution is -2.26. The first-order valence-corrected chi connectivity index (χ1v) is 7.14. The molecule has 3 heteroatoms. The lowest BCUT2D eigenvalue weighted by Gasteiger charge is -2.25. The van der Waals surface area contributed by atoms with Crippen LogP contribution in [-0.4, -0.2) is 15.7 Å². The molecule has 3 rings (SSSR count). The van der Waals surface area contributed by atoms with Gasteiger partial charge in [0.25, 0.3) is 0 Å². The SMILES string of the molecule is OC1(CCc2ccc3ccnc(Cl)c3c2)C=CC=CC1. The molecule has 2 nitrogen and oxygen atoms in total. The molecule has 0 aliphatic heterocycles. The number of aliphatic hydroxyl groups is 1. The summed E-state index contributed by atoms with van der Waals surface area (Å²) < 4.78 is 0. The number of aromatic nitrogens is 1. The van der Waals surface area contributed by atoms with Crippen LogP contribution in [0.4, 0.5) is 0 Å². The second-order valence-electron chi connectivity index (χ2n) is 5.25. The van der Waals surface area contributed by atoms with Crippen molar-refractivity contribution < 1.29 is 5.11 Å². The Bertz CT molecular complexity index is 692. The normalized spacial score (nSPS) is 21.5. The third-order valence-corrected chi connectivity index (χ3v) is 4.05. The van der Waals surface area contributed by atoms with Crippen LogP contribution in [0.2, 0.25) is 5.15 Å². The first kappa shape index (κ1) is 13.3. The molecule has 1 aromatic heterocycles. The van der Waals surface area contributed by atoms with Crippen LogP contribution in [0.25, 0.3) is 10.8 Å². The molecule has 1 unspecified atom stereocenters. The Labute approximate surface area is 123 Å². The molecule has 102 valence electrons. The summed E-state index contributed by atoms with van der Waals surface area (Å²) in [6.07, 6.45) is 11.7. The van der Waals surface area contributed by atoms with Crippen molar-refractivity contribution in [1.82, 2.24) is 4.98 Å². The minimum absolute atomic E-state index is 0.531. The molecular formula is C17H16ClNO. The van der Waals surface area contributed by atoms with Gasteiger partial charge in [-0.25, -0.2) is 4.98 Å². The molecule has 0 fully saturated rings. The van der Waals surface area contributed by atoms with Crippen molar-refractivity contribution in [1.29, 1.82) is 0 Å². The molecule has 0 bridgehead atoms. The number of nitrogens with zero attached hydrogens (tertiary/aromatic N) is 1. The zero-order valence-corrected chi connectivity index (χ0v) is 11.8. The number of rotatable bonds is 3. The zero-order chi connectivity index (χ0) is 14.0. The largest absolute Gasteiger partial charge is 0.385 e. The van der Waals surface area contributed by atoms with Gasteiger partial charge in [-0.05, 0) is 42.3 Å².